The number of nitrogens with two attached hydrogens (primary N) is 1. The molecule has 0 aromatic rings. The van der Waals surface area contributed by atoms with Gasteiger partial charge in [0, 0.05) is 12.8 Å². The lowest BCUT2D eigenvalue weighted by Crippen LogP contribution is -2.58. The van der Waals surface area contributed by atoms with Crippen LogP contribution in [0.3, 0.4) is 0 Å². The van der Waals surface area contributed by atoms with E-state index in [0.29, 0.717) is 6.42 Å². The molecule has 0 bridgehead atoms. The van der Waals surface area contributed by atoms with E-state index in [-0.39, 0.29) is 19.3 Å². The molecular weight excluding hydrogens is 416 g/mol. The van der Waals surface area contributed by atoms with Crippen molar-refractivity contribution < 1.29 is 44.1 Å². The summed E-state index contributed by atoms with van der Waals surface area (Å²) in [5.41, 5.74) is 5.66. The van der Waals surface area contributed by atoms with Crippen molar-refractivity contribution in [1.29, 1.82) is 0 Å². The zero-order valence-corrected chi connectivity index (χ0v) is 17.4. The fourth-order valence-electron chi connectivity index (χ4n) is 2.46. The molecule has 4 unspecified atom stereocenters. The molecule has 8 N–H and O–H groups in total. The third kappa shape index (κ3) is 11.5. The van der Waals surface area contributed by atoms with Gasteiger partial charge in [-0.3, -0.25) is 28.8 Å². The summed E-state index contributed by atoms with van der Waals surface area (Å²) in [7, 11) is 0. The van der Waals surface area contributed by atoms with Crippen molar-refractivity contribution in [3.63, 3.8) is 0 Å². The molecule has 31 heavy (non-hydrogen) atoms. The van der Waals surface area contributed by atoms with Crippen LogP contribution in [-0.2, 0) is 28.8 Å². The predicted octanol–water partition coefficient (Wildman–Crippen LogP) is -1.74. The lowest BCUT2D eigenvalue weighted by atomic mass is 9.97. The Morgan fingerprint density at radius 1 is 0.806 bits per heavy atom. The molecule has 0 rings (SSSR count). The topological polar surface area (TPSA) is 225 Å². The van der Waals surface area contributed by atoms with Gasteiger partial charge in [0.05, 0.1) is 6.04 Å². The van der Waals surface area contributed by atoms with Gasteiger partial charge in [0.15, 0.2) is 0 Å². The summed E-state index contributed by atoms with van der Waals surface area (Å²) in [4.78, 5) is 69.3. The molecule has 0 aromatic heterocycles. The molecule has 0 spiro atoms. The summed E-state index contributed by atoms with van der Waals surface area (Å²) in [6.07, 6.45) is -0.796. The summed E-state index contributed by atoms with van der Waals surface area (Å²) >= 11 is 0. The van der Waals surface area contributed by atoms with Crippen molar-refractivity contribution in [1.82, 2.24) is 16.0 Å². The van der Waals surface area contributed by atoms with E-state index >= 15 is 0 Å². The van der Waals surface area contributed by atoms with Crippen molar-refractivity contribution in [2.75, 3.05) is 6.54 Å². The molecule has 0 aliphatic rings. The third-order valence-corrected chi connectivity index (χ3v) is 4.49. The molecule has 0 fully saturated rings. The zero-order valence-electron chi connectivity index (χ0n) is 17.4. The van der Waals surface area contributed by atoms with Gasteiger partial charge in [-0.2, -0.15) is 0 Å². The van der Waals surface area contributed by atoms with E-state index in [1.807, 2.05) is 0 Å². The number of carboxylic acids is 3. The number of nitrogens with one attached hydrogen (secondary N) is 3. The first kappa shape index (κ1) is 27.8. The van der Waals surface area contributed by atoms with Gasteiger partial charge in [-0.1, -0.05) is 20.3 Å². The lowest BCUT2D eigenvalue weighted by Gasteiger charge is -2.27. The van der Waals surface area contributed by atoms with Crippen LogP contribution in [0.2, 0.25) is 0 Å². The molecule has 13 heteroatoms. The van der Waals surface area contributed by atoms with E-state index in [1.165, 1.54) is 0 Å². The molecule has 0 saturated heterocycles. The largest absolute Gasteiger partial charge is 0.481 e. The molecule has 0 aliphatic carbocycles. The van der Waals surface area contributed by atoms with Crippen LogP contribution in [0.25, 0.3) is 0 Å². The summed E-state index contributed by atoms with van der Waals surface area (Å²) in [6, 6.07) is -3.64. The van der Waals surface area contributed by atoms with Crippen molar-refractivity contribution in [2.24, 2.45) is 11.7 Å². The first-order valence-electron chi connectivity index (χ1n) is 9.68. The lowest BCUT2D eigenvalue weighted by molar-refractivity contribution is -0.140. The minimum Gasteiger partial charge on any atom is -0.481 e. The Hall–Kier alpha value is -3.22. The van der Waals surface area contributed by atoms with Crippen LogP contribution >= 0.6 is 0 Å². The fraction of sp³-hybridized carbons (Fsp3) is 0.667. The molecule has 0 heterocycles. The van der Waals surface area contributed by atoms with Crippen LogP contribution in [0.15, 0.2) is 0 Å². The van der Waals surface area contributed by atoms with Crippen molar-refractivity contribution >= 4 is 35.6 Å². The van der Waals surface area contributed by atoms with E-state index in [0.717, 1.165) is 0 Å². The first-order valence-corrected chi connectivity index (χ1v) is 9.68. The second-order valence-electron chi connectivity index (χ2n) is 7.02. The van der Waals surface area contributed by atoms with Gasteiger partial charge < -0.3 is 37.0 Å². The van der Waals surface area contributed by atoms with E-state index in [1.54, 1.807) is 13.8 Å². The maximum absolute atomic E-state index is 12.8. The van der Waals surface area contributed by atoms with Gasteiger partial charge in [0.2, 0.25) is 17.7 Å². The molecule has 0 aliphatic heterocycles. The quantitative estimate of drug-likeness (QED) is 0.150. The SMILES string of the molecule is CCC(C)C(NC(=O)C(N)CCC(=O)O)C(=O)NC(CCC(=O)O)C(=O)NCC(=O)O. The third-order valence-electron chi connectivity index (χ3n) is 4.49. The summed E-state index contributed by atoms with van der Waals surface area (Å²) in [6.45, 7) is 2.69. The highest BCUT2D eigenvalue weighted by Crippen LogP contribution is 2.10. The number of amides is 3. The van der Waals surface area contributed by atoms with Gasteiger partial charge in [0.1, 0.15) is 18.6 Å². The number of carbonyl (C=O) groups excluding carboxylic acids is 3. The molecule has 4 atom stereocenters. The van der Waals surface area contributed by atoms with Gasteiger partial charge in [-0.15, -0.1) is 0 Å². The maximum atomic E-state index is 12.8. The minimum atomic E-state index is -1.34. The van der Waals surface area contributed by atoms with Gasteiger partial charge in [-0.05, 0) is 18.8 Å². The first-order chi connectivity index (χ1) is 14.4. The Labute approximate surface area is 178 Å². The second-order valence-corrected chi connectivity index (χ2v) is 7.02. The number of hydrogen-bond acceptors (Lipinski definition) is 7. The van der Waals surface area contributed by atoms with Gasteiger partial charge in [-0.25, -0.2) is 0 Å². The highest BCUT2D eigenvalue weighted by Gasteiger charge is 2.31. The highest BCUT2D eigenvalue weighted by molar-refractivity contribution is 5.94. The molecular formula is C18H30N4O9. The Balaban J connectivity index is 5.32. The Bertz CT molecular complexity index is 683. The zero-order chi connectivity index (χ0) is 24.1. The van der Waals surface area contributed by atoms with Crippen molar-refractivity contribution in [3.05, 3.63) is 0 Å². The Kier molecular flexibility index (Phi) is 12.5. The van der Waals surface area contributed by atoms with E-state index in [9.17, 15) is 28.8 Å². The predicted molar refractivity (Wildman–Crippen MR) is 106 cm³/mol. The molecule has 0 aromatic carbocycles. The number of rotatable bonds is 15. The summed E-state index contributed by atoms with van der Waals surface area (Å²) in [5, 5.41) is 33.1. The Morgan fingerprint density at radius 2 is 1.35 bits per heavy atom. The number of aliphatic carboxylic acids is 3. The van der Waals surface area contributed by atoms with Gasteiger partial charge >= 0.3 is 17.9 Å². The van der Waals surface area contributed by atoms with Crippen LogP contribution in [0.4, 0.5) is 0 Å². The van der Waals surface area contributed by atoms with Crippen molar-refractivity contribution in [3.8, 4) is 0 Å². The molecule has 3 amide bonds. The van der Waals surface area contributed by atoms with E-state index < -0.39 is 72.6 Å². The number of carboxylic acid groups (broad SMARTS) is 3. The maximum Gasteiger partial charge on any atom is 0.322 e. The van der Waals surface area contributed by atoms with Gasteiger partial charge in [0.25, 0.3) is 0 Å². The van der Waals surface area contributed by atoms with Crippen LogP contribution in [0.5, 0.6) is 0 Å². The van der Waals surface area contributed by atoms with Crippen LogP contribution < -0.4 is 21.7 Å². The summed E-state index contributed by atoms with van der Waals surface area (Å²) < 4.78 is 0. The standard InChI is InChI=1S/C18H30N4O9/c1-3-9(2)15(22-16(29)10(19)4-6-12(23)24)18(31)21-11(5-7-13(25)26)17(30)20-8-14(27)28/h9-11,15H,3-8,19H2,1-2H3,(H,20,30)(H,21,31)(H,22,29)(H,23,24)(H,25,26)(H,27,28). The number of carbonyl (C=O) groups is 6. The van der Waals surface area contributed by atoms with Crippen LogP contribution in [0, 0.1) is 5.92 Å². The monoisotopic (exact) mass is 446 g/mol. The minimum absolute atomic E-state index is 0.144. The summed E-state index contributed by atoms with van der Waals surface area (Å²) in [5.74, 6) is -6.50. The average molecular weight is 446 g/mol. The fourth-order valence-corrected chi connectivity index (χ4v) is 2.46. The second kappa shape index (κ2) is 13.9. The normalized spacial score (nSPS) is 14.4. The van der Waals surface area contributed by atoms with Crippen molar-refractivity contribution in [2.45, 2.75) is 64.1 Å². The number of hydrogen-bond donors (Lipinski definition) is 7. The molecule has 13 nitrogen and oxygen atoms in total. The molecule has 176 valence electrons. The smallest absolute Gasteiger partial charge is 0.322 e. The molecule has 0 saturated carbocycles. The molecule has 0 radical (unpaired) electrons. The van der Waals surface area contributed by atoms with E-state index in [4.69, 9.17) is 21.1 Å². The van der Waals surface area contributed by atoms with E-state index in [2.05, 4.69) is 16.0 Å². The highest BCUT2D eigenvalue weighted by atomic mass is 16.4. The van der Waals surface area contributed by atoms with Crippen LogP contribution in [0.1, 0.15) is 46.0 Å². The Morgan fingerprint density at radius 3 is 1.84 bits per heavy atom. The average Bonchev–Trinajstić information content (AvgIpc) is 2.69. The van der Waals surface area contributed by atoms with Crippen LogP contribution in [-0.4, -0.2) is 75.6 Å².